The summed E-state index contributed by atoms with van der Waals surface area (Å²) < 4.78 is 27.0. The van der Waals surface area contributed by atoms with Crippen LogP contribution in [-0.4, -0.2) is 49.8 Å². The molecule has 1 heterocycles. The fourth-order valence-electron chi connectivity index (χ4n) is 2.49. The van der Waals surface area contributed by atoms with Crippen LogP contribution in [-0.2, 0) is 15.9 Å². The molecule has 1 aromatic carbocycles. The Morgan fingerprint density at radius 2 is 1.85 bits per heavy atom. The van der Waals surface area contributed by atoms with E-state index in [0.717, 1.165) is 5.56 Å². The fraction of sp³-hybridized carbons (Fsp3) is 0.571. The van der Waals surface area contributed by atoms with Gasteiger partial charge in [0.15, 0.2) is 0 Å². The highest BCUT2D eigenvalue weighted by Crippen LogP contribution is 2.23. The monoisotopic (exact) mass is 316 g/mol. The van der Waals surface area contributed by atoms with Gasteiger partial charge in [0.1, 0.15) is 0 Å². The predicted molar refractivity (Wildman–Crippen MR) is 81.4 cm³/mol. The topological polar surface area (TPSA) is 40.6 Å². The minimum Gasteiger partial charge on any atom is -0.298 e. The number of rotatable bonds is 3. The Kier molecular flexibility index (Phi) is 4.74. The lowest BCUT2D eigenvalue weighted by molar-refractivity contribution is 0.105. The van der Waals surface area contributed by atoms with Gasteiger partial charge in [0, 0.05) is 31.1 Å². The van der Waals surface area contributed by atoms with Gasteiger partial charge in [-0.05, 0) is 38.6 Å². The number of hydrogen-bond acceptors (Lipinski definition) is 3. The molecule has 2 atom stereocenters. The molecule has 2 rings (SSSR count). The smallest absolute Gasteiger partial charge is 0.243 e. The Hall–Kier alpha value is -0.620. The minimum atomic E-state index is -3.44. The van der Waals surface area contributed by atoms with Crippen LogP contribution in [0.2, 0.25) is 0 Å². The van der Waals surface area contributed by atoms with Crippen molar-refractivity contribution in [2.45, 2.75) is 36.7 Å². The van der Waals surface area contributed by atoms with Crippen LogP contribution in [0.25, 0.3) is 0 Å². The van der Waals surface area contributed by atoms with Crippen LogP contribution in [0, 0.1) is 0 Å². The lowest BCUT2D eigenvalue weighted by Gasteiger charge is -2.41. The molecule has 1 aliphatic heterocycles. The first-order chi connectivity index (χ1) is 9.36. The van der Waals surface area contributed by atoms with Crippen LogP contribution < -0.4 is 0 Å². The van der Waals surface area contributed by atoms with Crippen LogP contribution in [0.1, 0.15) is 19.4 Å². The number of likely N-dealkylation sites (N-methyl/N-ethyl adjacent to an activating group) is 1. The maximum absolute atomic E-state index is 12.7. The average Bonchev–Trinajstić information content (AvgIpc) is 2.44. The zero-order chi connectivity index (χ0) is 14.9. The molecule has 4 nitrogen and oxygen atoms in total. The zero-order valence-corrected chi connectivity index (χ0v) is 13.7. The molecule has 0 saturated carbocycles. The van der Waals surface area contributed by atoms with Gasteiger partial charge < -0.3 is 0 Å². The van der Waals surface area contributed by atoms with E-state index in [0.29, 0.717) is 23.9 Å². The van der Waals surface area contributed by atoms with E-state index < -0.39 is 10.0 Å². The zero-order valence-electron chi connectivity index (χ0n) is 12.1. The molecular formula is C14H21ClN2O2S. The van der Waals surface area contributed by atoms with Gasteiger partial charge in [-0.3, -0.25) is 4.90 Å². The molecule has 2 unspecified atom stereocenters. The molecule has 0 radical (unpaired) electrons. The number of benzene rings is 1. The van der Waals surface area contributed by atoms with Crippen molar-refractivity contribution in [1.29, 1.82) is 0 Å². The van der Waals surface area contributed by atoms with Crippen molar-refractivity contribution in [3.63, 3.8) is 0 Å². The molecule has 1 aromatic rings. The lowest BCUT2D eigenvalue weighted by Crippen LogP contribution is -2.56. The second-order valence-corrected chi connectivity index (χ2v) is 7.67. The number of hydrogen-bond donors (Lipinski definition) is 0. The summed E-state index contributed by atoms with van der Waals surface area (Å²) in [6.07, 6.45) is 0. The van der Waals surface area contributed by atoms with Crippen molar-refractivity contribution in [2.75, 3.05) is 20.1 Å². The van der Waals surface area contributed by atoms with Crippen LogP contribution in [0.15, 0.2) is 29.2 Å². The summed E-state index contributed by atoms with van der Waals surface area (Å²) >= 11 is 5.79. The van der Waals surface area contributed by atoms with Crippen LogP contribution in [0.5, 0.6) is 0 Å². The molecule has 1 fully saturated rings. The van der Waals surface area contributed by atoms with Crippen molar-refractivity contribution < 1.29 is 8.42 Å². The molecule has 0 N–H and O–H groups in total. The number of alkyl halides is 1. The molecule has 0 aromatic heterocycles. The molecule has 0 spiro atoms. The highest BCUT2D eigenvalue weighted by molar-refractivity contribution is 7.89. The maximum Gasteiger partial charge on any atom is 0.243 e. The van der Waals surface area contributed by atoms with E-state index >= 15 is 0 Å². The maximum atomic E-state index is 12.7. The fourth-order valence-corrected chi connectivity index (χ4v) is 4.33. The van der Waals surface area contributed by atoms with Crippen molar-refractivity contribution in [2.24, 2.45) is 0 Å². The molecule has 0 amide bonds. The third kappa shape index (κ3) is 3.01. The number of piperazine rings is 1. The minimum absolute atomic E-state index is 0.213. The molecule has 112 valence electrons. The van der Waals surface area contributed by atoms with E-state index in [1.165, 1.54) is 0 Å². The average molecular weight is 317 g/mol. The third-order valence-electron chi connectivity index (χ3n) is 4.02. The van der Waals surface area contributed by atoms with Crippen LogP contribution >= 0.6 is 11.6 Å². The molecule has 6 heteroatoms. The van der Waals surface area contributed by atoms with E-state index in [1.807, 2.05) is 27.0 Å². The molecule has 0 aliphatic carbocycles. The van der Waals surface area contributed by atoms with E-state index in [9.17, 15) is 8.42 Å². The highest BCUT2D eigenvalue weighted by atomic mass is 35.5. The molecule has 1 saturated heterocycles. The molecule has 0 bridgehead atoms. The molecular weight excluding hydrogens is 296 g/mol. The second-order valence-electron chi connectivity index (χ2n) is 5.47. The SMILES string of the molecule is CC1CN(S(=O)(=O)c2cccc(CCl)c2)CC(C)N1C. The van der Waals surface area contributed by atoms with Gasteiger partial charge in [-0.25, -0.2) is 8.42 Å². The molecule has 20 heavy (non-hydrogen) atoms. The first-order valence-electron chi connectivity index (χ1n) is 6.73. The highest BCUT2D eigenvalue weighted by Gasteiger charge is 2.34. The van der Waals surface area contributed by atoms with Gasteiger partial charge >= 0.3 is 0 Å². The summed E-state index contributed by atoms with van der Waals surface area (Å²) in [5, 5.41) is 0. The van der Waals surface area contributed by atoms with E-state index in [-0.39, 0.29) is 12.1 Å². The van der Waals surface area contributed by atoms with Crippen LogP contribution in [0.4, 0.5) is 0 Å². The Balaban J connectivity index is 2.30. The first-order valence-corrected chi connectivity index (χ1v) is 8.70. The quantitative estimate of drug-likeness (QED) is 0.802. The van der Waals surface area contributed by atoms with Gasteiger partial charge in [-0.1, -0.05) is 12.1 Å². The summed E-state index contributed by atoms with van der Waals surface area (Å²) in [4.78, 5) is 2.54. The van der Waals surface area contributed by atoms with Crippen molar-refractivity contribution in [3.05, 3.63) is 29.8 Å². The van der Waals surface area contributed by atoms with E-state index in [4.69, 9.17) is 11.6 Å². The predicted octanol–water partition coefficient (Wildman–Crippen LogP) is 2.14. The van der Waals surface area contributed by atoms with Gasteiger partial charge in [0.25, 0.3) is 0 Å². The summed E-state index contributed by atoms with van der Waals surface area (Å²) in [6, 6.07) is 7.30. The Bertz CT molecular complexity index is 564. The Morgan fingerprint density at radius 1 is 1.25 bits per heavy atom. The Morgan fingerprint density at radius 3 is 2.40 bits per heavy atom. The number of sulfonamides is 1. The Labute approximate surface area is 126 Å². The standard InChI is InChI=1S/C14H21ClN2O2S/c1-11-9-17(10-12(2)16(11)3)20(18,19)14-6-4-5-13(7-14)8-15/h4-7,11-12H,8-10H2,1-3H3. The van der Waals surface area contributed by atoms with Gasteiger partial charge in [0.2, 0.25) is 10.0 Å². The van der Waals surface area contributed by atoms with E-state index in [1.54, 1.807) is 22.5 Å². The van der Waals surface area contributed by atoms with Crippen LogP contribution in [0.3, 0.4) is 0 Å². The van der Waals surface area contributed by atoms with Crippen molar-refractivity contribution in [1.82, 2.24) is 9.21 Å². The van der Waals surface area contributed by atoms with Gasteiger partial charge in [-0.15, -0.1) is 11.6 Å². The van der Waals surface area contributed by atoms with Crippen molar-refractivity contribution >= 4 is 21.6 Å². The summed E-state index contributed by atoms with van der Waals surface area (Å²) in [7, 11) is -1.40. The first kappa shape index (κ1) is 15.8. The largest absolute Gasteiger partial charge is 0.298 e. The van der Waals surface area contributed by atoms with Gasteiger partial charge in [0.05, 0.1) is 4.90 Å². The second kappa shape index (κ2) is 6.02. The summed E-state index contributed by atoms with van der Waals surface area (Å²) in [5.74, 6) is 0.318. The normalized spacial score (nSPS) is 25.8. The summed E-state index contributed by atoms with van der Waals surface area (Å²) in [6.45, 7) is 5.14. The molecule has 1 aliphatic rings. The number of halogens is 1. The van der Waals surface area contributed by atoms with Crippen molar-refractivity contribution in [3.8, 4) is 0 Å². The van der Waals surface area contributed by atoms with E-state index in [2.05, 4.69) is 4.90 Å². The van der Waals surface area contributed by atoms with Gasteiger partial charge in [-0.2, -0.15) is 4.31 Å². The summed E-state index contributed by atoms with van der Waals surface area (Å²) in [5.41, 5.74) is 0.822. The lowest BCUT2D eigenvalue weighted by atomic mass is 10.1. The third-order valence-corrected chi connectivity index (χ3v) is 6.15. The number of nitrogens with zero attached hydrogens (tertiary/aromatic N) is 2.